The van der Waals surface area contributed by atoms with E-state index in [2.05, 4.69) is 10.2 Å². The van der Waals surface area contributed by atoms with Crippen LogP contribution in [0.2, 0.25) is 0 Å². The molecule has 1 amide bonds. The molecule has 0 bridgehead atoms. The Bertz CT molecular complexity index is 1010. The van der Waals surface area contributed by atoms with E-state index in [-0.39, 0.29) is 5.91 Å². The molecule has 31 heavy (non-hydrogen) atoms. The predicted molar refractivity (Wildman–Crippen MR) is 121 cm³/mol. The molecule has 0 saturated carbocycles. The monoisotopic (exact) mass is 439 g/mol. The number of nitrogens with one attached hydrogen (secondary N) is 1. The van der Waals surface area contributed by atoms with E-state index < -0.39 is 0 Å². The number of rotatable bonds is 7. The van der Waals surface area contributed by atoms with Crippen LogP contribution < -0.4 is 14.8 Å². The number of anilines is 1. The second-order valence-corrected chi connectivity index (χ2v) is 8.18. The number of hydrogen-bond acceptors (Lipinski definition) is 7. The van der Waals surface area contributed by atoms with Crippen LogP contribution in [0.5, 0.6) is 11.5 Å². The minimum Gasteiger partial charge on any atom is -0.497 e. The summed E-state index contributed by atoms with van der Waals surface area (Å²) in [6.45, 7) is 4.02. The summed E-state index contributed by atoms with van der Waals surface area (Å²) in [6, 6.07) is 15.1. The quantitative estimate of drug-likeness (QED) is 0.602. The molecule has 1 saturated heterocycles. The highest BCUT2D eigenvalue weighted by Gasteiger charge is 2.20. The van der Waals surface area contributed by atoms with E-state index in [1.165, 1.54) is 11.3 Å². The van der Waals surface area contributed by atoms with Crippen molar-refractivity contribution in [3.05, 3.63) is 59.0 Å². The Hall–Kier alpha value is -2.94. The van der Waals surface area contributed by atoms with Gasteiger partial charge in [0.25, 0.3) is 5.91 Å². The van der Waals surface area contributed by atoms with Gasteiger partial charge in [-0.1, -0.05) is 41.7 Å². The van der Waals surface area contributed by atoms with Crippen LogP contribution in [-0.2, 0) is 11.3 Å². The molecule has 1 aliphatic heterocycles. The van der Waals surface area contributed by atoms with Gasteiger partial charge in [0.1, 0.15) is 11.5 Å². The van der Waals surface area contributed by atoms with Gasteiger partial charge < -0.3 is 14.2 Å². The van der Waals surface area contributed by atoms with E-state index in [4.69, 9.17) is 19.2 Å². The third-order valence-electron chi connectivity index (χ3n) is 5.05. The number of methoxy groups -OCH3 is 2. The zero-order chi connectivity index (χ0) is 21.6. The zero-order valence-electron chi connectivity index (χ0n) is 17.6. The van der Waals surface area contributed by atoms with Crippen molar-refractivity contribution >= 4 is 22.4 Å². The van der Waals surface area contributed by atoms with Crippen molar-refractivity contribution in [3.63, 3.8) is 0 Å². The van der Waals surface area contributed by atoms with Gasteiger partial charge in [-0.15, -0.1) is 0 Å². The number of amides is 1. The maximum Gasteiger partial charge on any atom is 0.257 e. The predicted octanol–water partition coefficient (Wildman–Crippen LogP) is 3.91. The molecule has 1 N–H and O–H groups in total. The van der Waals surface area contributed by atoms with Crippen LogP contribution >= 0.6 is 11.3 Å². The zero-order valence-corrected chi connectivity index (χ0v) is 18.4. The smallest absolute Gasteiger partial charge is 0.257 e. The summed E-state index contributed by atoms with van der Waals surface area (Å²) in [7, 11) is 3.11. The molecule has 2 aromatic carbocycles. The lowest BCUT2D eigenvalue weighted by molar-refractivity contribution is 0.0347. The highest BCUT2D eigenvalue weighted by atomic mass is 32.1. The van der Waals surface area contributed by atoms with Crippen LogP contribution in [0.15, 0.2) is 48.5 Å². The molecule has 0 atom stereocenters. The van der Waals surface area contributed by atoms with Crippen LogP contribution in [0.1, 0.15) is 15.2 Å². The summed E-state index contributed by atoms with van der Waals surface area (Å²) in [5, 5.41) is 3.51. The third-order valence-corrected chi connectivity index (χ3v) is 6.01. The standard InChI is InChI=1S/C23H25N3O4S/c1-28-18-12-17(13-19(14-18)29-2)22(27)25-23-24-21(16-6-4-3-5-7-16)20(31-23)15-26-8-10-30-11-9-26/h3-7,12-14H,8-11,15H2,1-2H3,(H,24,25,27). The normalized spacial score (nSPS) is 14.3. The first kappa shape index (κ1) is 21.3. The van der Waals surface area contributed by atoms with Crippen molar-refractivity contribution in [2.24, 2.45) is 0 Å². The van der Waals surface area contributed by atoms with Gasteiger partial charge in [-0.3, -0.25) is 15.0 Å². The molecule has 0 aliphatic carbocycles. The molecule has 0 spiro atoms. The number of morpholine rings is 1. The molecule has 1 fully saturated rings. The Morgan fingerprint density at radius 2 is 1.77 bits per heavy atom. The maximum atomic E-state index is 12.9. The third kappa shape index (κ3) is 5.22. The van der Waals surface area contributed by atoms with Gasteiger partial charge in [0.15, 0.2) is 5.13 Å². The lowest BCUT2D eigenvalue weighted by Crippen LogP contribution is -2.35. The van der Waals surface area contributed by atoms with E-state index in [9.17, 15) is 4.79 Å². The molecule has 162 valence electrons. The number of benzene rings is 2. The summed E-state index contributed by atoms with van der Waals surface area (Å²) in [6.07, 6.45) is 0. The van der Waals surface area contributed by atoms with Gasteiger partial charge in [0.05, 0.1) is 33.1 Å². The fraction of sp³-hybridized carbons (Fsp3) is 0.304. The average molecular weight is 440 g/mol. The lowest BCUT2D eigenvalue weighted by Gasteiger charge is -2.26. The van der Waals surface area contributed by atoms with E-state index in [1.54, 1.807) is 32.4 Å². The van der Waals surface area contributed by atoms with Crippen LogP contribution in [0, 0.1) is 0 Å². The van der Waals surface area contributed by atoms with Gasteiger partial charge in [0, 0.05) is 41.7 Å². The van der Waals surface area contributed by atoms with Gasteiger partial charge >= 0.3 is 0 Å². The van der Waals surface area contributed by atoms with Crippen LogP contribution in [0.25, 0.3) is 11.3 Å². The number of hydrogen-bond donors (Lipinski definition) is 1. The Kier molecular flexibility index (Phi) is 6.81. The Morgan fingerprint density at radius 3 is 2.42 bits per heavy atom. The van der Waals surface area contributed by atoms with Crippen molar-refractivity contribution in [1.29, 1.82) is 0 Å². The number of carbonyl (C=O) groups is 1. The Balaban J connectivity index is 1.60. The first-order valence-electron chi connectivity index (χ1n) is 10.1. The lowest BCUT2D eigenvalue weighted by atomic mass is 10.1. The van der Waals surface area contributed by atoms with Crippen molar-refractivity contribution in [1.82, 2.24) is 9.88 Å². The second-order valence-electron chi connectivity index (χ2n) is 7.10. The van der Waals surface area contributed by atoms with E-state index in [0.29, 0.717) is 22.2 Å². The number of thiazole rings is 1. The molecule has 1 aliphatic rings. The SMILES string of the molecule is COc1cc(OC)cc(C(=O)Nc2nc(-c3ccccc3)c(CN3CCOCC3)s2)c1. The molecule has 3 aromatic rings. The Labute approximate surface area is 185 Å². The average Bonchev–Trinajstić information content (AvgIpc) is 3.21. The molecule has 7 nitrogen and oxygen atoms in total. The summed E-state index contributed by atoms with van der Waals surface area (Å²) in [5.41, 5.74) is 2.38. The van der Waals surface area contributed by atoms with Crippen LogP contribution in [-0.4, -0.2) is 56.3 Å². The molecular weight excluding hydrogens is 414 g/mol. The summed E-state index contributed by atoms with van der Waals surface area (Å²) < 4.78 is 16.0. The van der Waals surface area contributed by atoms with Gasteiger partial charge in [-0.25, -0.2) is 4.98 Å². The Morgan fingerprint density at radius 1 is 1.10 bits per heavy atom. The highest BCUT2D eigenvalue weighted by Crippen LogP contribution is 2.33. The maximum absolute atomic E-state index is 12.9. The molecule has 0 radical (unpaired) electrons. The van der Waals surface area contributed by atoms with Gasteiger partial charge in [0.2, 0.25) is 0 Å². The summed E-state index contributed by atoms with van der Waals surface area (Å²) in [4.78, 5) is 21.1. The van der Waals surface area contributed by atoms with E-state index in [0.717, 1.165) is 49.0 Å². The van der Waals surface area contributed by atoms with Crippen molar-refractivity contribution in [2.75, 3.05) is 45.8 Å². The fourth-order valence-corrected chi connectivity index (χ4v) is 4.43. The van der Waals surface area contributed by atoms with Gasteiger partial charge in [-0.05, 0) is 12.1 Å². The number of aromatic nitrogens is 1. The van der Waals surface area contributed by atoms with E-state index >= 15 is 0 Å². The van der Waals surface area contributed by atoms with Crippen molar-refractivity contribution < 1.29 is 19.0 Å². The fourth-order valence-electron chi connectivity index (χ4n) is 3.40. The molecule has 1 aromatic heterocycles. The number of ether oxygens (including phenoxy) is 3. The van der Waals surface area contributed by atoms with Crippen molar-refractivity contribution in [3.8, 4) is 22.8 Å². The molecular formula is C23H25N3O4S. The first-order chi connectivity index (χ1) is 15.2. The highest BCUT2D eigenvalue weighted by molar-refractivity contribution is 7.16. The molecule has 8 heteroatoms. The number of carbonyl (C=O) groups excluding carboxylic acids is 1. The summed E-state index contributed by atoms with van der Waals surface area (Å²) in [5.74, 6) is 0.853. The van der Waals surface area contributed by atoms with Gasteiger partial charge in [-0.2, -0.15) is 0 Å². The minimum atomic E-state index is -0.261. The second kappa shape index (κ2) is 9.91. The molecule has 0 unspecified atom stereocenters. The van der Waals surface area contributed by atoms with E-state index in [1.807, 2.05) is 30.3 Å². The van der Waals surface area contributed by atoms with Crippen molar-refractivity contribution in [2.45, 2.75) is 6.54 Å². The molecule has 2 heterocycles. The summed E-state index contributed by atoms with van der Waals surface area (Å²) >= 11 is 1.50. The number of nitrogens with zero attached hydrogens (tertiary/aromatic N) is 2. The van der Waals surface area contributed by atoms with Crippen LogP contribution in [0.4, 0.5) is 5.13 Å². The molecule has 4 rings (SSSR count). The topological polar surface area (TPSA) is 72.9 Å². The minimum absolute atomic E-state index is 0.261. The first-order valence-corrected chi connectivity index (χ1v) is 10.9. The largest absolute Gasteiger partial charge is 0.497 e. The van der Waals surface area contributed by atoms with Crippen LogP contribution in [0.3, 0.4) is 0 Å².